The molecule has 0 radical (unpaired) electrons. The number of hydrogen-bond donors (Lipinski definition) is 1. The molecule has 0 amide bonds. The summed E-state index contributed by atoms with van der Waals surface area (Å²) >= 11 is 1.91. The Labute approximate surface area is 97.3 Å². The summed E-state index contributed by atoms with van der Waals surface area (Å²) in [7, 11) is 0. The first kappa shape index (κ1) is 11.3. The van der Waals surface area contributed by atoms with Gasteiger partial charge in [-0.2, -0.15) is 0 Å². The number of amidine groups is 1. The van der Waals surface area contributed by atoms with Crippen LogP contribution in [0.2, 0.25) is 0 Å². The summed E-state index contributed by atoms with van der Waals surface area (Å²) < 4.78 is 0. The van der Waals surface area contributed by atoms with Gasteiger partial charge < -0.3 is 5.32 Å². The molecule has 0 aromatic rings. The summed E-state index contributed by atoms with van der Waals surface area (Å²) in [6.45, 7) is 2.23. The van der Waals surface area contributed by atoms with E-state index in [0.29, 0.717) is 12.1 Å². The van der Waals surface area contributed by atoms with Gasteiger partial charge in [0.05, 0.1) is 6.04 Å². The zero-order valence-corrected chi connectivity index (χ0v) is 10.5. The van der Waals surface area contributed by atoms with Crippen molar-refractivity contribution in [2.24, 2.45) is 4.99 Å². The summed E-state index contributed by atoms with van der Waals surface area (Å²) in [6, 6.07) is 1.28. The van der Waals surface area contributed by atoms with E-state index in [0.717, 1.165) is 0 Å². The highest BCUT2D eigenvalue weighted by Crippen LogP contribution is 2.22. The fraction of sp³-hybridized carbons (Fsp3) is 0.917. The largest absolute Gasteiger partial charge is 0.362 e. The molecule has 2 aliphatic rings. The molecule has 1 heterocycles. The number of rotatable bonds is 2. The molecule has 15 heavy (non-hydrogen) atoms. The van der Waals surface area contributed by atoms with Gasteiger partial charge in [0.1, 0.15) is 0 Å². The molecule has 2 nitrogen and oxygen atoms in total. The highest BCUT2D eigenvalue weighted by molar-refractivity contribution is 8.14. The van der Waals surface area contributed by atoms with Gasteiger partial charge in [0, 0.05) is 11.8 Å². The lowest BCUT2D eigenvalue weighted by Gasteiger charge is -2.16. The molecule has 1 saturated carbocycles. The van der Waals surface area contributed by atoms with Gasteiger partial charge in [-0.05, 0) is 19.3 Å². The second-order valence-corrected chi connectivity index (χ2v) is 5.65. The summed E-state index contributed by atoms with van der Waals surface area (Å²) in [6.07, 6.45) is 9.51. The van der Waals surface area contributed by atoms with Crippen LogP contribution in [0.3, 0.4) is 0 Å². The van der Waals surface area contributed by atoms with Gasteiger partial charge in [0.25, 0.3) is 0 Å². The predicted octanol–water partition coefficient (Wildman–Crippen LogP) is 3.18. The van der Waals surface area contributed by atoms with E-state index in [9.17, 15) is 0 Å². The van der Waals surface area contributed by atoms with Crippen molar-refractivity contribution in [2.75, 3.05) is 5.75 Å². The van der Waals surface area contributed by atoms with Crippen LogP contribution in [0, 0.1) is 0 Å². The molecule has 1 atom stereocenters. The quantitative estimate of drug-likeness (QED) is 0.731. The van der Waals surface area contributed by atoms with E-state index in [4.69, 9.17) is 4.99 Å². The lowest BCUT2D eigenvalue weighted by Crippen LogP contribution is -2.31. The summed E-state index contributed by atoms with van der Waals surface area (Å²) in [5, 5.41) is 4.85. The van der Waals surface area contributed by atoms with Crippen LogP contribution in [0.15, 0.2) is 4.99 Å². The zero-order valence-electron chi connectivity index (χ0n) is 9.67. The fourth-order valence-corrected chi connectivity index (χ4v) is 3.44. The number of hydrogen-bond acceptors (Lipinski definition) is 3. The molecule has 1 N–H and O–H groups in total. The molecule has 0 saturated heterocycles. The third kappa shape index (κ3) is 3.40. The van der Waals surface area contributed by atoms with Crippen molar-refractivity contribution >= 4 is 16.9 Å². The molecule has 1 fully saturated rings. The van der Waals surface area contributed by atoms with E-state index in [1.165, 1.54) is 55.9 Å². The van der Waals surface area contributed by atoms with Gasteiger partial charge in [-0.25, -0.2) is 0 Å². The summed E-state index contributed by atoms with van der Waals surface area (Å²) in [4.78, 5) is 4.70. The van der Waals surface area contributed by atoms with Crippen molar-refractivity contribution in [2.45, 2.75) is 64.0 Å². The van der Waals surface area contributed by atoms with Crippen LogP contribution >= 0.6 is 11.8 Å². The van der Waals surface area contributed by atoms with E-state index >= 15 is 0 Å². The third-order valence-corrected chi connectivity index (χ3v) is 4.41. The molecule has 0 spiro atoms. The molecule has 1 aliphatic carbocycles. The van der Waals surface area contributed by atoms with Gasteiger partial charge in [0.2, 0.25) is 0 Å². The van der Waals surface area contributed by atoms with Crippen molar-refractivity contribution in [3.05, 3.63) is 0 Å². The monoisotopic (exact) mass is 226 g/mol. The Hall–Kier alpha value is -0.180. The highest BCUT2D eigenvalue weighted by Gasteiger charge is 2.19. The van der Waals surface area contributed by atoms with E-state index < -0.39 is 0 Å². The Kier molecular flexibility index (Phi) is 4.36. The molecular formula is C12H22N2S. The highest BCUT2D eigenvalue weighted by atomic mass is 32.2. The van der Waals surface area contributed by atoms with Crippen LogP contribution in [-0.2, 0) is 0 Å². The smallest absolute Gasteiger partial charge is 0.157 e. The van der Waals surface area contributed by atoms with Gasteiger partial charge in [-0.15, -0.1) is 0 Å². The molecule has 1 aliphatic heterocycles. The first-order chi connectivity index (χ1) is 7.38. The molecule has 0 aromatic heterocycles. The first-order valence-corrected chi connectivity index (χ1v) is 7.34. The van der Waals surface area contributed by atoms with E-state index in [-0.39, 0.29) is 0 Å². The Balaban J connectivity index is 1.80. The number of thioether (sulfide) groups is 1. The third-order valence-electron chi connectivity index (χ3n) is 3.37. The van der Waals surface area contributed by atoms with Crippen molar-refractivity contribution < 1.29 is 0 Å². The topological polar surface area (TPSA) is 24.4 Å². The van der Waals surface area contributed by atoms with Crippen molar-refractivity contribution in [1.82, 2.24) is 5.32 Å². The Morgan fingerprint density at radius 3 is 2.60 bits per heavy atom. The molecule has 0 bridgehead atoms. The molecule has 2 rings (SSSR count). The molecule has 3 heteroatoms. The molecule has 86 valence electrons. The first-order valence-electron chi connectivity index (χ1n) is 6.35. The minimum Gasteiger partial charge on any atom is -0.362 e. The Morgan fingerprint density at radius 2 is 2.00 bits per heavy atom. The van der Waals surface area contributed by atoms with Gasteiger partial charge >= 0.3 is 0 Å². The number of nitrogens with one attached hydrogen (secondary N) is 1. The maximum absolute atomic E-state index is 4.70. The van der Waals surface area contributed by atoms with Crippen molar-refractivity contribution in [3.8, 4) is 0 Å². The van der Waals surface area contributed by atoms with Crippen LogP contribution in [0.5, 0.6) is 0 Å². The van der Waals surface area contributed by atoms with Crippen molar-refractivity contribution in [3.63, 3.8) is 0 Å². The van der Waals surface area contributed by atoms with E-state index in [1.54, 1.807) is 0 Å². The number of aliphatic imine (C=N–C) groups is 1. The second kappa shape index (κ2) is 5.78. The van der Waals surface area contributed by atoms with Crippen LogP contribution in [0.1, 0.15) is 51.9 Å². The SMILES string of the molecule is CCC1CSC(NC2CCCCCC2)=N1. The molecular weight excluding hydrogens is 204 g/mol. The average Bonchev–Trinajstić information content (AvgIpc) is 2.54. The predicted molar refractivity (Wildman–Crippen MR) is 68.6 cm³/mol. The lowest BCUT2D eigenvalue weighted by molar-refractivity contribution is 0.535. The molecule has 0 aromatic carbocycles. The van der Waals surface area contributed by atoms with E-state index in [1.807, 2.05) is 11.8 Å². The molecule has 1 unspecified atom stereocenters. The normalized spacial score (nSPS) is 28.6. The van der Waals surface area contributed by atoms with Gasteiger partial charge in [0.15, 0.2) is 5.17 Å². The van der Waals surface area contributed by atoms with Crippen molar-refractivity contribution in [1.29, 1.82) is 0 Å². The second-order valence-electron chi connectivity index (χ2n) is 4.64. The van der Waals surface area contributed by atoms with Crippen LogP contribution < -0.4 is 5.32 Å². The fourth-order valence-electron chi connectivity index (χ4n) is 2.30. The zero-order chi connectivity index (χ0) is 10.5. The standard InChI is InChI=1S/C12H22N2S/c1-2-10-9-15-12(13-10)14-11-7-5-3-4-6-8-11/h10-11H,2-9H2,1H3,(H,13,14). The van der Waals surface area contributed by atoms with Crippen LogP contribution in [-0.4, -0.2) is 23.0 Å². The average molecular weight is 226 g/mol. The van der Waals surface area contributed by atoms with Crippen LogP contribution in [0.25, 0.3) is 0 Å². The minimum atomic E-state index is 0.572. The maximum Gasteiger partial charge on any atom is 0.157 e. The minimum absolute atomic E-state index is 0.572. The van der Waals surface area contributed by atoms with E-state index in [2.05, 4.69) is 12.2 Å². The Morgan fingerprint density at radius 1 is 1.27 bits per heavy atom. The lowest BCUT2D eigenvalue weighted by atomic mass is 10.1. The Bertz CT molecular complexity index is 220. The summed E-state index contributed by atoms with van der Waals surface area (Å²) in [5.41, 5.74) is 0. The summed E-state index contributed by atoms with van der Waals surface area (Å²) in [5.74, 6) is 1.19. The van der Waals surface area contributed by atoms with Gasteiger partial charge in [-0.3, -0.25) is 4.99 Å². The van der Waals surface area contributed by atoms with Crippen LogP contribution in [0.4, 0.5) is 0 Å². The number of nitrogens with zero attached hydrogens (tertiary/aromatic N) is 1. The van der Waals surface area contributed by atoms with Gasteiger partial charge in [-0.1, -0.05) is 44.4 Å². The maximum atomic E-state index is 4.70.